The molecule has 0 radical (unpaired) electrons. The topological polar surface area (TPSA) is 103 Å². The van der Waals surface area contributed by atoms with E-state index in [1.807, 2.05) is 43.3 Å². The number of hydrogen-bond donors (Lipinski definition) is 2. The molecule has 1 unspecified atom stereocenters. The van der Waals surface area contributed by atoms with Gasteiger partial charge in [-0.1, -0.05) is 55.5 Å². The number of carbonyl (C=O) groups excluding carboxylic acids is 1. The van der Waals surface area contributed by atoms with Gasteiger partial charge in [-0.3, -0.25) is 4.68 Å². The van der Waals surface area contributed by atoms with Crippen LogP contribution < -0.4 is 10.1 Å². The maximum Gasteiger partial charge on any atom is 0.407 e. The summed E-state index contributed by atoms with van der Waals surface area (Å²) >= 11 is 0. The highest BCUT2D eigenvalue weighted by Gasteiger charge is 2.29. The lowest BCUT2D eigenvalue weighted by atomic mass is 9.98. The molecular weight excluding hydrogens is 410 g/mol. The number of nitrogens with one attached hydrogen (secondary N) is 1. The Labute approximate surface area is 185 Å². The number of benzene rings is 2. The first kappa shape index (κ1) is 21.4. The number of carbonyl (C=O) groups is 2. The minimum atomic E-state index is -1.19. The summed E-state index contributed by atoms with van der Waals surface area (Å²) in [6.45, 7) is 2.60. The fourth-order valence-electron chi connectivity index (χ4n) is 3.89. The molecular formula is C24H25N3O5. The molecule has 3 aromatic rings. The summed E-state index contributed by atoms with van der Waals surface area (Å²) in [6.07, 6.45) is 3.19. The maximum atomic E-state index is 12.4. The van der Waals surface area contributed by atoms with E-state index in [0.29, 0.717) is 12.4 Å². The van der Waals surface area contributed by atoms with Crippen molar-refractivity contribution in [1.82, 2.24) is 15.1 Å². The van der Waals surface area contributed by atoms with Crippen molar-refractivity contribution in [2.45, 2.75) is 31.8 Å². The highest BCUT2D eigenvalue weighted by Crippen LogP contribution is 2.44. The predicted molar refractivity (Wildman–Crippen MR) is 118 cm³/mol. The summed E-state index contributed by atoms with van der Waals surface area (Å²) in [5, 5.41) is 16.0. The van der Waals surface area contributed by atoms with Gasteiger partial charge in [-0.15, -0.1) is 0 Å². The average molecular weight is 435 g/mol. The van der Waals surface area contributed by atoms with Crippen molar-refractivity contribution in [2.75, 3.05) is 13.2 Å². The van der Waals surface area contributed by atoms with E-state index in [1.54, 1.807) is 6.20 Å². The summed E-state index contributed by atoms with van der Waals surface area (Å²) in [7, 11) is 0. The van der Waals surface area contributed by atoms with E-state index in [1.165, 1.54) is 10.9 Å². The molecule has 1 aliphatic rings. The lowest BCUT2D eigenvalue weighted by Crippen LogP contribution is -2.44. The van der Waals surface area contributed by atoms with Crippen LogP contribution in [0.1, 0.15) is 30.4 Å². The van der Waals surface area contributed by atoms with Crippen LogP contribution in [-0.2, 0) is 16.1 Å². The highest BCUT2D eigenvalue weighted by molar-refractivity contribution is 5.81. The number of carboxylic acids is 1. The molecule has 0 fully saturated rings. The van der Waals surface area contributed by atoms with Gasteiger partial charge in [-0.05, 0) is 28.7 Å². The second kappa shape index (κ2) is 9.55. The number of hydrogen-bond acceptors (Lipinski definition) is 5. The van der Waals surface area contributed by atoms with E-state index in [9.17, 15) is 14.7 Å². The van der Waals surface area contributed by atoms with Crippen LogP contribution in [0, 0.1) is 0 Å². The van der Waals surface area contributed by atoms with Crippen molar-refractivity contribution in [3.63, 3.8) is 0 Å². The number of fused-ring (bicyclic) bond motifs is 3. The molecule has 0 bridgehead atoms. The Hall–Kier alpha value is -3.81. The van der Waals surface area contributed by atoms with Crippen molar-refractivity contribution < 1.29 is 24.2 Å². The van der Waals surface area contributed by atoms with E-state index in [4.69, 9.17) is 9.47 Å². The van der Waals surface area contributed by atoms with Crippen LogP contribution >= 0.6 is 0 Å². The van der Waals surface area contributed by atoms with Gasteiger partial charge in [-0.2, -0.15) is 5.10 Å². The molecule has 0 saturated carbocycles. The standard InChI is InChI=1S/C24H25N3O5/c1-2-11-31-16-12-25-27(13-16)14-22(23(28)29)26-24(30)32-15-21-19-9-5-3-7-17(19)18-8-4-6-10-20(18)21/h3-10,12-13,21-22H,2,11,14-15H2,1H3,(H,26,30)(H,28,29). The van der Waals surface area contributed by atoms with Gasteiger partial charge in [0.1, 0.15) is 12.6 Å². The van der Waals surface area contributed by atoms with Crippen molar-refractivity contribution in [3.8, 4) is 16.9 Å². The first-order valence-corrected chi connectivity index (χ1v) is 10.6. The number of aliphatic carboxylic acids is 1. The van der Waals surface area contributed by atoms with E-state index in [0.717, 1.165) is 28.7 Å². The van der Waals surface area contributed by atoms with Crippen molar-refractivity contribution in [3.05, 3.63) is 72.1 Å². The van der Waals surface area contributed by atoms with Crippen LogP contribution in [0.5, 0.6) is 5.75 Å². The highest BCUT2D eigenvalue weighted by atomic mass is 16.5. The summed E-state index contributed by atoms with van der Waals surface area (Å²) in [5.74, 6) is -0.719. The number of carboxylic acid groups (broad SMARTS) is 1. The van der Waals surface area contributed by atoms with Crippen molar-refractivity contribution >= 4 is 12.1 Å². The second-order valence-electron chi connectivity index (χ2n) is 7.61. The minimum absolute atomic E-state index is 0.0466. The Morgan fingerprint density at radius 1 is 1.12 bits per heavy atom. The van der Waals surface area contributed by atoms with Gasteiger partial charge in [0, 0.05) is 5.92 Å². The van der Waals surface area contributed by atoms with Gasteiger partial charge in [0.25, 0.3) is 0 Å². The van der Waals surface area contributed by atoms with Gasteiger partial charge in [-0.25, -0.2) is 9.59 Å². The zero-order valence-corrected chi connectivity index (χ0v) is 17.7. The molecule has 1 heterocycles. The number of rotatable bonds is 9. The third-order valence-corrected chi connectivity index (χ3v) is 5.39. The lowest BCUT2D eigenvalue weighted by molar-refractivity contribution is -0.139. The molecule has 32 heavy (non-hydrogen) atoms. The molecule has 2 N–H and O–H groups in total. The van der Waals surface area contributed by atoms with E-state index in [-0.39, 0.29) is 19.1 Å². The summed E-state index contributed by atoms with van der Waals surface area (Å²) in [4.78, 5) is 24.1. The Morgan fingerprint density at radius 3 is 2.41 bits per heavy atom. The second-order valence-corrected chi connectivity index (χ2v) is 7.61. The summed E-state index contributed by atoms with van der Waals surface area (Å²) in [6, 6.07) is 14.9. The number of nitrogens with zero attached hydrogens (tertiary/aromatic N) is 2. The van der Waals surface area contributed by atoms with Crippen molar-refractivity contribution in [1.29, 1.82) is 0 Å². The van der Waals surface area contributed by atoms with Gasteiger partial charge in [0.05, 0.1) is 25.5 Å². The van der Waals surface area contributed by atoms with Gasteiger partial charge < -0.3 is 19.9 Å². The normalized spacial score (nSPS) is 13.2. The molecule has 4 rings (SSSR count). The average Bonchev–Trinajstić information content (AvgIpc) is 3.38. The van der Waals surface area contributed by atoms with Crippen LogP contribution in [-0.4, -0.2) is 46.2 Å². The van der Waals surface area contributed by atoms with Crippen LogP contribution in [0.3, 0.4) is 0 Å². The molecule has 1 amide bonds. The van der Waals surface area contributed by atoms with E-state index in [2.05, 4.69) is 22.5 Å². The molecule has 166 valence electrons. The Bertz CT molecular complexity index is 1060. The van der Waals surface area contributed by atoms with Crippen molar-refractivity contribution in [2.24, 2.45) is 0 Å². The van der Waals surface area contributed by atoms with Gasteiger partial charge in [0.15, 0.2) is 5.75 Å². The van der Waals surface area contributed by atoms with Gasteiger partial charge in [0.2, 0.25) is 0 Å². The maximum absolute atomic E-state index is 12.4. The smallest absolute Gasteiger partial charge is 0.407 e. The fourth-order valence-corrected chi connectivity index (χ4v) is 3.89. The third-order valence-electron chi connectivity index (χ3n) is 5.39. The molecule has 0 saturated heterocycles. The number of alkyl carbamates (subject to hydrolysis) is 1. The fraction of sp³-hybridized carbons (Fsp3) is 0.292. The Balaban J connectivity index is 1.38. The quantitative estimate of drug-likeness (QED) is 0.532. The number of ether oxygens (including phenoxy) is 2. The summed E-state index contributed by atoms with van der Waals surface area (Å²) in [5.41, 5.74) is 4.43. The SMILES string of the molecule is CCCOc1cnn(CC(NC(=O)OCC2c3ccccc3-c3ccccc32)C(=O)O)c1. The molecule has 1 aromatic heterocycles. The largest absolute Gasteiger partial charge is 0.490 e. The zero-order chi connectivity index (χ0) is 22.5. The predicted octanol–water partition coefficient (Wildman–Crippen LogP) is 3.66. The summed E-state index contributed by atoms with van der Waals surface area (Å²) < 4.78 is 12.3. The number of amides is 1. The molecule has 0 aliphatic heterocycles. The molecule has 0 spiro atoms. The van der Waals surface area contributed by atoms with Crippen LogP contribution in [0.25, 0.3) is 11.1 Å². The Kier molecular flexibility index (Phi) is 6.39. The molecule has 2 aromatic carbocycles. The minimum Gasteiger partial charge on any atom is -0.490 e. The number of aromatic nitrogens is 2. The molecule has 8 heteroatoms. The first-order valence-electron chi connectivity index (χ1n) is 10.6. The third kappa shape index (κ3) is 4.59. The molecule has 8 nitrogen and oxygen atoms in total. The van der Waals surface area contributed by atoms with Gasteiger partial charge >= 0.3 is 12.1 Å². The van der Waals surface area contributed by atoms with Crippen LogP contribution in [0.4, 0.5) is 4.79 Å². The Morgan fingerprint density at radius 2 is 1.78 bits per heavy atom. The first-order chi connectivity index (χ1) is 15.6. The molecule has 1 atom stereocenters. The van der Waals surface area contributed by atoms with E-state index >= 15 is 0 Å². The molecule has 1 aliphatic carbocycles. The van der Waals surface area contributed by atoms with Crippen LogP contribution in [0.2, 0.25) is 0 Å². The zero-order valence-electron chi connectivity index (χ0n) is 17.7. The lowest BCUT2D eigenvalue weighted by Gasteiger charge is -2.17. The monoisotopic (exact) mass is 435 g/mol. The van der Waals surface area contributed by atoms with Crippen LogP contribution in [0.15, 0.2) is 60.9 Å². The van der Waals surface area contributed by atoms with E-state index < -0.39 is 18.1 Å².